The highest BCUT2D eigenvalue weighted by atomic mass is 79.9. The predicted octanol–water partition coefficient (Wildman–Crippen LogP) is 2.85. The van der Waals surface area contributed by atoms with E-state index >= 15 is 0 Å². The first-order valence-corrected chi connectivity index (χ1v) is 8.00. The lowest BCUT2D eigenvalue weighted by molar-refractivity contribution is 0.0934. The quantitative estimate of drug-likeness (QED) is 0.526. The van der Waals surface area contributed by atoms with Gasteiger partial charge < -0.3 is 0 Å². The number of nitrogens with one attached hydrogen (secondary N) is 3. The molecule has 0 heterocycles. The van der Waals surface area contributed by atoms with Crippen molar-refractivity contribution in [1.82, 2.24) is 16.2 Å². The molecule has 2 amide bonds. The van der Waals surface area contributed by atoms with Crippen molar-refractivity contribution in [1.29, 1.82) is 0 Å². The zero-order valence-electron chi connectivity index (χ0n) is 12.5. The van der Waals surface area contributed by atoms with E-state index in [4.69, 9.17) is 12.2 Å². The lowest BCUT2D eigenvalue weighted by atomic mass is 10.1. The SMILES string of the molecule is Cc1ccc(C(=O)NNC(=S)NC(=O)c2ccc(F)cc2)cc1Br. The molecule has 0 unspecified atom stereocenters. The highest BCUT2D eigenvalue weighted by molar-refractivity contribution is 9.10. The second-order valence-corrected chi connectivity index (χ2v) is 6.10. The molecule has 0 aliphatic heterocycles. The van der Waals surface area contributed by atoms with Gasteiger partial charge in [-0.1, -0.05) is 22.0 Å². The third-order valence-corrected chi connectivity index (χ3v) is 4.12. The molecular formula is C16H13BrFN3O2S. The van der Waals surface area contributed by atoms with Gasteiger partial charge in [-0.05, 0) is 61.1 Å². The fraction of sp³-hybridized carbons (Fsp3) is 0.0625. The van der Waals surface area contributed by atoms with Crippen LogP contribution in [-0.2, 0) is 0 Å². The monoisotopic (exact) mass is 409 g/mol. The lowest BCUT2D eigenvalue weighted by Crippen LogP contribution is -2.48. The molecule has 0 radical (unpaired) electrons. The van der Waals surface area contributed by atoms with Gasteiger partial charge in [0.15, 0.2) is 5.11 Å². The molecule has 5 nitrogen and oxygen atoms in total. The number of carbonyl (C=O) groups excluding carboxylic acids is 2. The molecule has 124 valence electrons. The first kappa shape index (κ1) is 18.0. The minimum absolute atomic E-state index is 0.0798. The number of hydrogen-bond donors (Lipinski definition) is 3. The van der Waals surface area contributed by atoms with Crippen LogP contribution in [0, 0.1) is 12.7 Å². The Morgan fingerprint density at radius 2 is 1.62 bits per heavy atom. The van der Waals surface area contributed by atoms with Crippen molar-refractivity contribution in [3.05, 3.63) is 69.4 Å². The van der Waals surface area contributed by atoms with E-state index in [1.165, 1.54) is 24.3 Å². The number of rotatable bonds is 2. The van der Waals surface area contributed by atoms with Crippen molar-refractivity contribution in [2.75, 3.05) is 0 Å². The van der Waals surface area contributed by atoms with Crippen molar-refractivity contribution < 1.29 is 14.0 Å². The van der Waals surface area contributed by atoms with Gasteiger partial charge in [0.2, 0.25) is 0 Å². The standard InChI is InChI=1S/C16H13BrFN3O2S/c1-9-2-3-11(8-13(9)17)15(23)20-21-16(24)19-14(22)10-4-6-12(18)7-5-10/h2-8H,1H3,(H,20,23)(H2,19,21,22,24). The Balaban J connectivity index is 1.88. The van der Waals surface area contributed by atoms with E-state index in [0.717, 1.165) is 10.0 Å². The summed E-state index contributed by atoms with van der Waals surface area (Å²) >= 11 is 8.28. The van der Waals surface area contributed by atoms with Crippen LogP contribution < -0.4 is 16.2 Å². The molecule has 0 aliphatic carbocycles. The van der Waals surface area contributed by atoms with Crippen LogP contribution in [0.25, 0.3) is 0 Å². The van der Waals surface area contributed by atoms with Crippen LogP contribution in [0.5, 0.6) is 0 Å². The minimum atomic E-state index is -0.514. The smallest absolute Gasteiger partial charge is 0.269 e. The summed E-state index contributed by atoms with van der Waals surface area (Å²) in [5.74, 6) is -1.36. The van der Waals surface area contributed by atoms with Gasteiger partial charge in [0.05, 0.1) is 0 Å². The van der Waals surface area contributed by atoms with Gasteiger partial charge in [-0.15, -0.1) is 0 Å². The van der Waals surface area contributed by atoms with Gasteiger partial charge in [0.1, 0.15) is 5.82 Å². The molecule has 2 aromatic carbocycles. The first-order chi connectivity index (χ1) is 11.4. The average Bonchev–Trinajstić information content (AvgIpc) is 2.55. The second kappa shape index (κ2) is 7.98. The summed E-state index contributed by atoms with van der Waals surface area (Å²) in [4.78, 5) is 23.9. The summed E-state index contributed by atoms with van der Waals surface area (Å²) < 4.78 is 13.6. The molecule has 24 heavy (non-hydrogen) atoms. The van der Waals surface area contributed by atoms with Crippen LogP contribution in [-0.4, -0.2) is 16.9 Å². The Kier molecular flexibility index (Phi) is 5.99. The number of halogens is 2. The summed E-state index contributed by atoms with van der Waals surface area (Å²) in [7, 11) is 0. The summed E-state index contributed by atoms with van der Waals surface area (Å²) in [6, 6.07) is 10.1. The van der Waals surface area contributed by atoms with Gasteiger partial charge in [-0.25, -0.2) is 4.39 Å². The van der Waals surface area contributed by atoms with E-state index in [-0.39, 0.29) is 10.7 Å². The summed E-state index contributed by atoms with van der Waals surface area (Å²) in [6.45, 7) is 1.91. The van der Waals surface area contributed by atoms with Crippen molar-refractivity contribution in [2.45, 2.75) is 6.92 Å². The van der Waals surface area contributed by atoms with Crippen molar-refractivity contribution >= 4 is 45.1 Å². The van der Waals surface area contributed by atoms with Crippen LogP contribution in [0.4, 0.5) is 4.39 Å². The summed E-state index contributed by atoms with van der Waals surface area (Å²) in [5, 5.41) is 2.30. The molecule has 0 bridgehead atoms. The van der Waals surface area contributed by atoms with E-state index in [1.807, 2.05) is 6.92 Å². The molecule has 3 N–H and O–H groups in total. The number of aryl methyl sites for hydroxylation is 1. The largest absolute Gasteiger partial charge is 0.298 e. The number of hydrazine groups is 1. The zero-order valence-corrected chi connectivity index (χ0v) is 14.9. The number of thiocarbonyl (C=S) groups is 1. The maximum Gasteiger partial charge on any atom is 0.269 e. The topological polar surface area (TPSA) is 70.2 Å². The van der Waals surface area contributed by atoms with Crippen molar-refractivity contribution in [3.63, 3.8) is 0 Å². The Hall–Kier alpha value is -2.32. The maximum atomic E-state index is 12.8. The van der Waals surface area contributed by atoms with E-state index < -0.39 is 17.6 Å². The number of hydrogen-bond acceptors (Lipinski definition) is 3. The van der Waals surface area contributed by atoms with Gasteiger partial charge in [0, 0.05) is 15.6 Å². The third kappa shape index (κ3) is 4.84. The molecule has 0 atom stereocenters. The van der Waals surface area contributed by atoms with Crippen molar-refractivity contribution in [3.8, 4) is 0 Å². The van der Waals surface area contributed by atoms with Crippen LogP contribution in [0.15, 0.2) is 46.9 Å². The van der Waals surface area contributed by atoms with Crippen LogP contribution in [0.2, 0.25) is 0 Å². The lowest BCUT2D eigenvalue weighted by Gasteiger charge is -2.11. The van der Waals surface area contributed by atoms with Gasteiger partial charge in [-0.3, -0.25) is 25.8 Å². The molecular weight excluding hydrogens is 397 g/mol. The Bertz CT molecular complexity index is 796. The Morgan fingerprint density at radius 1 is 1.00 bits per heavy atom. The molecule has 0 aliphatic rings. The molecule has 2 aromatic rings. The molecule has 0 aromatic heterocycles. The summed E-state index contributed by atoms with van der Waals surface area (Å²) in [6.07, 6.45) is 0. The van der Waals surface area contributed by atoms with Crippen LogP contribution in [0.3, 0.4) is 0 Å². The van der Waals surface area contributed by atoms with Gasteiger partial charge >= 0.3 is 0 Å². The van der Waals surface area contributed by atoms with Crippen molar-refractivity contribution in [2.24, 2.45) is 0 Å². The minimum Gasteiger partial charge on any atom is -0.298 e. The fourth-order valence-electron chi connectivity index (χ4n) is 1.73. The normalized spacial score (nSPS) is 9.96. The van der Waals surface area contributed by atoms with E-state index in [0.29, 0.717) is 5.56 Å². The predicted molar refractivity (Wildman–Crippen MR) is 95.9 cm³/mol. The molecule has 2 rings (SSSR count). The second-order valence-electron chi connectivity index (χ2n) is 4.83. The zero-order chi connectivity index (χ0) is 17.7. The third-order valence-electron chi connectivity index (χ3n) is 3.06. The first-order valence-electron chi connectivity index (χ1n) is 6.80. The Labute approximate surface area is 151 Å². The molecule has 8 heteroatoms. The van der Waals surface area contributed by atoms with E-state index in [2.05, 4.69) is 32.1 Å². The fourth-order valence-corrected chi connectivity index (χ4v) is 2.25. The average molecular weight is 410 g/mol. The van der Waals surface area contributed by atoms with Gasteiger partial charge in [0.25, 0.3) is 11.8 Å². The maximum absolute atomic E-state index is 12.8. The highest BCUT2D eigenvalue weighted by Crippen LogP contribution is 2.17. The number of carbonyl (C=O) groups is 2. The van der Waals surface area contributed by atoms with Gasteiger partial charge in [-0.2, -0.15) is 0 Å². The Morgan fingerprint density at radius 3 is 2.25 bits per heavy atom. The molecule has 0 fully saturated rings. The molecule has 0 saturated carbocycles. The summed E-state index contributed by atoms with van der Waals surface area (Å²) in [5.41, 5.74) is 6.49. The van der Waals surface area contributed by atoms with E-state index in [9.17, 15) is 14.0 Å². The van der Waals surface area contributed by atoms with E-state index in [1.54, 1.807) is 18.2 Å². The molecule has 0 spiro atoms. The molecule has 0 saturated heterocycles. The van der Waals surface area contributed by atoms with Crippen LogP contribution in [0.1, 0.15) is 26.3 Å². The highest BCUT2D eigenvalue weighted by Gasteiger charge is 2.10. The number of benzene rings is 2. The van der Waals surface area contributed by atoms with Crippen LogP contribution >= 0.6 is 28.1 Å². The number of amides is 2.